The van der Waals surface area contributed by atoms with Crippen LogP contribution in [-0.2, 0) is 0 Å². The van der Waals surface area contributed by atoms with Crippen molar-refractivity contribution in [3.63, 3.8) is 0 Å². The Morgan fingerprint density at radius 3 is 2.52 bits per heavy atom. The predicted molar refractivity (Wildman–Crippen MR) is 96.4 cm³/mol. The predicted octanol–water partition coefficient (Wildman–Crippen LogP) is 5.33. The number of hydrogen-bond donors (Lipinski definition) is 1. The van der Waals surface area contributed by atoms with Gasteiger partial charge in [0.15, 0.2) is 0 Å². The molecule has 1 amide bonds. The smallest absolute Gasteiger partial charge is 0.275 e. The standard InChI is InChI=1S/C18H15ClN2OS/c1-11-5-3-6-12(2)16(11)21-17(22)15-10-23-18(20-15)13-7-4-8-14(19)9-13/h3-10H,1-2H3,(H,21,22). The first-order valence-electron chi connectivity index (χ1n) is 7.13. The molecule has 0 saturated carbocycles. The third kappa shape index (κ3) is 3.44. The molecule has 0 radical (unpaired) electrons. The fourth-order valence-electron chi connectivity index (χ4n) is 2.32. The van der Waals surface area contributed by atoms with Crippen LogP contribution in [0.5, 0.6) is 0 Å². The molecule has 0 aliphatic rings. The van der Waals surface area contributed by atoms with Crippen molar-refractivity contribution in [3.8, 4) is 10.6 Å². The largest absolute Gasteiger partial charge is 0.320 e. The van der Waals surface area contributed by atoms with Crippen LogP contribution in [0, 0.1) is 13.8 Å². The van der Waals surface area contributed by atoms with Crippen LogP contribution in [0.1, 0.15) is 21.6 Å². The van der Waals surface area contributed by atoms with E-state index in [1.807, 2.05) is 56.3 Å². The van der Waals surface area contributed by atoms with E-state index in [1.165, 1.54) is 11.3 Å². The van der Waals surface area contributed by atoms with E-state index in [9.17, 15) is 4.79 Å². The van der Waals surface area contributed by atoms with Crippen LogP contribution >= 0.6 is 22.9 Å². The van der Waals surface area contributed by atoms with Gasteiger partial charge in [0.05, 0.1) is 0 Å². The van der Waals surface area contributed by atoms with Crippen molar-refractivity contribution in [3.05, 3.63) is 69.7 Å². The number of hydrogen-bond acceptors (Lipinski definition) is 3. The van der Waals surface area contributed by atoms with Crippen LogP contribution in [-0.4, -0.2) is 10.9 Å². The fraction of sp³-hybridized carbons (Fsp3) is 0.111. The third-order valence-corrected chi connectivity index (χ3v) is 4.65. The topological polar surface area (TPSA) is 42.0 Å². The number of thiazole rings is 1. The highest BCUT2D eigenvalue weighted by Crippen LogP contribution is 2.27. The van der Waals surface area contributed by atoms with Crippen molar-refractivity contribution in [2.75, 3.05) is 5.32 Å². The molecule has 5 heteroatoms. The third-order valence-electron chi connectivity index (χ3n) is 3.53. The first kappa shape index (κ1) is 15.7. The summed E-state index contributed by atoms with van der Waals surface area (Å²) in [4.78, 5) is 16.9. The van der Waals surface area contributed by atoms with Gasteiger partial charge in [0.1, 0.15) is 10.7 Å². The van der Waals surface area contributed by atoms with Crippen LogP contribution < -0.4 is 5.32 Å². The molecule has 116 valence electrons. The fourth-order valence-corrected chi connectivity index (χ4v) is 3.31. The van der Waals surface area contributed by atoms with E-state index in [4.69, 9.17) is 11.6 Å². The van der Waals surface area contributed by atoms with E-state index < -0.39 is 0 Å². The Hall–Kier alpha value is -2.17. The number of nitrogens with one attached hydrogen (secondary N) is 1. The van der Waals surface area contributed by atoms with Crippen molar-refractivity contribution in [1.82, 2.24) is 4.98 Å². The molecule has 0 aliphatic heterocycles. The zero-order valence-electron chi connectivity index (χ0n) is 12.8. The average molecular weight is 343 g/mol. The number of nitrogens with zero attached hydrogens (tertiary/aromatic N) is 1. The minimum Gasteiger partial charge on any atom is -0.320 e. The van der Waals surface area contributed by atoms with Gasteiger partial charge in [-0.05, 0) is 37.1 Å². The van der Waals surface area contributed by atoms with Crippen LogP contribution in [0.25, 0.3) is 10.6 Å². The lowest BCUT2D eigenvalue weighted by molar-refractivity contribution is 0.102. The zero-order valence-corrected chi connectivity index (χ0v) is 14.3. The highest BCUT2D eigenvalue weighted by atomic mass is 35.5. The summed E-state index contributed by atoms with van der Waals surface area (Å²) >= 11 is 7.43. The van der Waals surface area contributed by atoms with Gasteiger partial charge in [0.25, 0.3) is 5.91 Å². The van der Waals surface area contributed by atoms with Crippen molar-refractivity contribution in [2.45, 2.75) is 13.8 Å². The first-order chi connectivity index (χ1) is 11.0. The normalized spacial score (nSPS) is 10.6. The van der Waals surface area contributed by atoms with Crippen LogP contribution in [0.4, 0.5) is 5.69 Å². The number of para-hydroxylation sites is 1. The van der Waals surface area contributed by atoms with Gasteiger partial charge < -0.3 is 5.32 Å². The summed E-state index contributed by atoms with van der Waals surface area (Å²) in [6, 6.07) is 13.4. The minimum absolute atomic E-state index is 0.202. The van der Waals surface area contributed by atoms with Crippen LogP contribution in [0.3, 0.4) is 0 Å². The van der Waals surface area contributed by atoms with E-state index in [0.29, 0.717) is 10.7 Å². The molecule has 2 aromatic carbocycles. The molecule has 0 unspecified atom stereocenters. The summed E-state index contributed by atoms with van der Waals surface area (Å²) in [5.41, 5.74) is 4.23. The number of halogens is 1. The molecule has 0 saturated heterocycles. The maximum Gasteiger partial charge on any atom is 0.275 e. The van der Waals surface area contributed by atoms with E-state index in [2.05, 4.69) is 10.3 Å². The molecule has 1 heterocycles. The number of rotatable bonds is 3. The number of benzene rings is 2. The van der Waals surface area contributed by atoms with Crippen LogP contribution in [0.15, 0.2) is 47.8 Å². The molecule has 0 spiro atoms. The molecule has 3 aromatic rings. The molecule has 0 aliphatic carbocycles. The van der Waals surface area contributed by atoms with E-state index in [0.717, 1.165) is 27.4 Å². The molecular weight excluding hydrogens is 328 g/mol. The second-order valence-corrected chi connectivity index (χ2v) is 6.56. The lowest BCUT2D eigenvalue weighted by atomic mass is 10.1. The lowest BCUT2D eigenvalue weighted by Gasteiger charge is -2.10. The lowest BCUT2D eigenvalue weighted by Crippen LogP contribution is -2.14. The van der Waals surface area contributed by atoms with E-state index in [-0.39, 0.29) is 5.91 Å². The van der Waals surface area contributed by atoms with Gasteiger partial charge in [-0.25, -0.2) is 4.98 Å². The van der Waals surface area contributed by atoms with Crippen molar-refractivity contribution >= 4 is 34.5 Å². The van der Waals surface area contributed by atoms with Crippen molar-refractivity contribution in [1.29, 1.82) is 0 Å². The molecule has 0 bridgehead atoms. The highest BCUT2D eigenvalue weighted by molar-refractivity contribution is 7.13. The number of carbonyl (C=O) groups is 1. The summed E-state index contributed by atoms with van der Waals surface area (Å²) in [6.07, 6.45) is 0. The number of aryl methyl sites for hydroxylation is 2. The number of amides is 1. The molecular formula is C18H15ClN2OS. The molecule has 1 N–H and O–H groups in total. The maximum atomic E-state index is 12.4. The number of carbonyl (C=O) groups excluding carboxylic acids is 1. The Kier molecular flexibility index (Phi) is 4.46. The molecule has 0 atom stereocenters. The maximum absolute atomic E-state index is 12.4. The minimum atomic E-state index is -0.202. The zero-order chi connectivity index (χ0) is 16.4. The van der Waals surface area contributed by atoms with Gasteiger partial charge in [0.2, 0.25) is 0 Å². The Morgan fingerprint density at radius 2 is 1.83 bits per heavy atom. The summed E-state index contributed by atoms with van der Waals surface area (Å²) < 4.78 is 0. The van der Waals surface area contributed by atoms with Gasteiger partial charge in [-0.1, -0.05) is 41.9 Å². The van der Waals surface area contributed by atoms with E-state index in [1.54, 1.807) is 5.38 Å². The van der Waals surface area contributed by atoms with Gasteiger partial charge in [-0.2, -0.15) is 0 Å². The Bertz CT molecular complexity index is 853. The summed E-state index contributed by atoms with van der Waals surface area (Å²) in [5.74, 6) is -0.202. The van der Waals surface area contributed by atoms with Crippen LogP contribution in [0.2, 0.25) is 5.02 Å². The number of aromatic nitrogens is 1. The Balaban J connectivity index is 1.84. The van der Waals surface area contributed by atoms with Crippen molar-refractivity contribution < 1.29 is 4.79 Å². The summed E-state index contributed by atoms with van der Waals surface area (Å²) in [7, 11) is 0. The second kappa shape index (κ2) is 6.52. The molecule has 1 aromatic heterocycles. The average Bonchev–Trinajstić information content (AvgIpc) is 3.01. The van der Waals surface area contributed by atoms with Gasteiger partial charge in [-0.3, -0.25) is 4.79 Å². The van der Waals surface area contributed by atoms with E-state index >= 15 is 0 Å². The Labute approximate surface area is 144 Å². The van der Waals surface area contributed by atoms with Gasteiger partial charge in [-0.15, -0.1) is 11.3 Å². The SMILES string of the molecule is Cc1cccc(C)c1NC(=O)c1csc(-c2cccc(Cl)c2)n1. The summed E-state index contributed by atoms with van der Waals surface area (Å²) in [6.45, 7) is 3.95. The monoisotopic (exact) mass is 342 g/mol. The van der Waals surface area contributed by atoms with Crippen molar-refractivity contribution in [2.24, 2.45) is 0 Å². The summed E-state index contributed by atoms with van der Waals surface area (Å²) in [5, 5.41) is 6.14. The quantitative estimate of drug-likeness (QED) is 0.698. The molecule has 3 nitrogen and oxygen atoms in total. The highest BCUT2D eigenvalue weighted by Gasteiger charge is 2.14. The van der Waals surface area contributed by atoms with Gasteiger partial charge in [0, 0.05) is 21.7 Å². The molecule has 0 fully saturated rings. The Morgan fingerprint density at radius 1 is 1.13 bits per heavy atom. The first-order valence-corrected chi connectivity index (χ1v) is 8.39. The molecule has 3 rings (SSSR count). The van der Waals surface area contributed by atoms with Gasteiger partial charge >= 0.3 is 0 Å². The second-order valence-electron chi connectivity index (χ2n) is 5.27. The molecule has 23 heavy (non-hydrogen) atoms. The number of anilines is 1.